The summed E-state index contributed by atoms with van der Waals surface area (Å²) in [5, 5.41) is 10.6. The number of aliphatic imine (C=N–C) groups is 1. The zero-order valence-electron chi connectivity index (χ0n) is 14.9. The Kier molecular flexibility index (Phi) is 12.1. The van der Waals surface area contributed by atoms with Gasteiger partial charge in [0.1, 0.15) is 5.76 Å². The van der Waals surface area contributed by atoms with Crippen LogP contribution in [-0.2, 0) is 4.74 Å². The van der Waals surface area contributed by atoms with Gasteiger partial charge in [0.25, 0.3) is 0 Å². The Morgan fingerprint density at radius 2 is 2.04 bits per heavy atom. The van der Waals surface area contributed by atoms with Crippen LogP contribution < -0.4 is 10.6 Å². The molecule has 1 aromatic rings. The summed E-state index contributed by atoms with van der Waals surface area (Å²) in [7, 11) is 0. The van der Waals surface area contributed by atoms with Gasteiger partial charge in [-0.25, -0.2) is 0 Å². The van der Waals surface area contributed by atoms with Crippen LogP contribution in [-0.4, -0.2) is 44.0 Å². The molecule has 1 atom stereocenters. The SMILES string of the molecule is CCNC(=NCC(C)c1c(C)noc1C)NCCCOCC.I. The van der Waals surface area contributed by atoms with E-state index in [1.165, 1.54) is 0 Å². The van der Waals surface area contributed by atoms with Crippen LogP contribution in [0.2, 0.25) is 0 Å². The minimum absolute atomic E-state index is 0. The second-order valence-electron chi connectivity index (χ2n) is 5.34. The largest absolute Gasteiger partial charge is 0.382 e. The van der Waals surface area contributed by atoms with Gasteiger partial charge in [-0.2, -0.15) is 0 Å². The van der Waals surface area contributed by atoms with E-state index in [1.807, 2.05) is 20.8 Å². The van der Waals surface area contributed by atoms with Gasteiger partial charge in [-0.3, -0.25) is 4.99 Å². The molecule has 0 saturated heterocycles. The predicted octanol–water partition coefficient (Wildman–Crippen LogP) is 2.99. The van der Waals surface area contributed by atoms with Crippen molar-refractivity contribution in [3.8, 4) is 0 Å². The Morgan fingerprint density at radius 1 is 1.30 bits per heavy atom. The summed E-state index contributed by atoms with van der Waals surface area (Å²) < 4.78 is 10.6. The summed E-state index contributed by atoms with van der Waals surface area (Å²) in [4.78, 5) is 4.65. The number of aromatic nitrogens is 1. The van der Waals surface area contributed by atoms with Crippen molar-refractivity contribution in [3.05, 3.63) is 17.0 Å². The fourth-order valence-electron chi connectivity index (χ4n) is 2.38. The van der Waals surface area contributed by atoms with Crippen LogP contribution in [0.25, 0.3) is 0 Å². The standard InChI is InChI=1S/C16H30N4O2.HI/c1-6-17-16(18-9-8-10-21-7-2)19-11-12(3)15-13(4)20-22-14(15)5;/h12H,6-11H2,1-5H3,(H2,17,18,19);1H. The Labute approximate surface area is 156 Å². The van der Waals surface area contributed by atoms with E-state index in [4.69, 9.17) is 9.26 Å². The Morgan fingerprint density at radius 3 is 2.61 bits per heavy atom. The minimum Gasteiger partial charge on any atom is -0.382 e. The van der Waals surface area contributed by atoms with Gasteiger partial charge in [0.2, 0.25) is 0 Å². The second kappa shape index (κ2) is 12.6. The van der Waals surface area contributed by atoms with Crippen molar-refractivity contribution in [1.29, 1.82) is 0 Å². The van der Waals surface area contributed by atoms with E-state index in [2.05, 4.69) is 34.6 Å². The first kappa shape index (κ1) is 22.2. The van der Waals surface area contributed by atoms with Gasteiger partial charge in [-0.15, -0.1) is 24.0 Å². The Bertz CT molecular complexity index is 443. The van der Waals surface area contributed by atoms with E-state index < -0.39 is 0 Å². The molecular weight excluding hydrogens is 407 g/mol. The summed E-state index contributed by atoms with van der Waals surface area (Å²) in [6.07, 6.45) is 0.970. The van der Waals surface area contributed by atoms with E-state index in [0.29, 0.717) is 6.54 Å². The van der Waals surface area contributed by atoms with Crippen molar-refractivity contribution in [2.75, 3.05) is 32.8 Å². The molecule has 1 unspecified atom stereocenters. The van der Waals surface area contributed by atoms with Gasteiger partial charge < -0.3 is 19.9 Å². The number of halogens is 1. The maximum absolute atomic E-state index is 5.33. The van der Waals surface area contributed by atoms with Crippen LogP contribution in [0.4, 0.5) is 0 Å². The van der Waals surface area contributed by atoms with Crippen molar-refractivity contribution in [2.24, 2.45) is 4.99 Å². The molecule has 6 nitrogen and oxygen atoms in total. The smallest absolute Gasteiger partial charge is 0.191 e. The number of guanidine groups is 1. The minimum atomic E-state index is 0. The van der Waals surface area contributed by atoms with Crippen molar-refractivity contribution >= 4 is 29.9 Å². The van der Waals surface area contributed by atoms with Gasteiger partial charge in [0, 0.05) is 44.3 Å². The van der Waals surface area contributed by atoms with Gasteiger partial charge in [0.15, 0.2) is 5.96 Å². The third-order valence-corrected chi connectivity index (χ3v) is 3.41. The highest BCUT2D eigenvalue weighted by molar-refractivity contribution is 14.0. The molecule has 7 heteroatoms. The molecule has 134 valence electrons. The topological polar surface area (TPSA) is 71.7 Å². The number of aryl methyl sites for hydroxylation is 2. The summed E-state index contributed by atoms with van der Waals surface area (Å²) in [5.74, 6) is 2.01. The lowest BCUT2D eigenvalue weighted by molar-refractivity contribution is 0.145. The monoisotopic (exact) mass is 438 g/mol. The normalized spacial score (nSPS) is 12.7. The van der Waals surface area contributed by atoms with Crippen LogP contribution in [0.3, 0.4) is 0 Å². The zero-order chi connectivity index (χ0) is 16.4. The first-order chi connectivity index (χ1) is 10.6. The van der Waals surface area contributed by atoms with E-state index >= 15 is 0 Å². The maximum Gasteiger partial charge on any atom is 0.191 e. The van der Waals surface area contributed by atoms with Gasteiger partial charge >= 0.3 is 0 Å². The van der Waals surface area contributed by atoms with Crippen LogP contribution in [0.15, 0.2) is 9.52 Å². The number of hydrogen-bond acceptors (Lipinski definition) is 4. The molecule has 0 bridgehead atoms. The molecule has 0 radical (unpaired) electrons. The molecule has 0 spiro atoms. The number of rotatable bonds is 9. The summed E-state index contributed by atoms with van der Waals surface area (Å²) in [5.41, 5.74) is 2.12. The molecule has 0 aliphatic heterocycles. The predicted molar refractivity (Wildman–Crippen MR) is 105 cm³/mol. The van der Waals surface area contributed by atoms with Gasteiger partial charge in [0.05, 0.1) is 5.69 Å². The fourth-order valence-corrected chi connectivity index (χ4v) is 2.38. The number of hydrogen-bond donors (Lipinski definition) is 2. The molecule has 1 heterocycles. The van der Waals surface area contributed by atoms with Crippen molar-refractivity contribution in [2.45, 2.75) is 47.0 Å². The Balaban J connectivity index is 0.00000484. The first-order valence-electron chi connectivity index (χ1n) is 8.12. The average Bonchev–Trinajstić information content (AvgIpc) is 2.83. The van der Waals surface area contributed by atoms with Crippen molar-refractivity contribution in [1.82, 2.24) is 15.8 Å². The zero-order valence-corrected chi connectivity index (χ0v) is 17.3. The Hall–Kier alpha value is -0.830. The molecular formula is C16H31IN4O2. The summed E-state index contributed by atoms with van der Waals surface area (Å²) in [6, 6.07) is 0. The summed E-state index contributed by atoms with van der Waals surface area (Å²) in [6.45, 7) is 14.1. The second-order valence-corrected chi connectivity index (χ2v) is 5.34. The van der Waals surface area contributed by atoms with Crippen LogP contribution in [0.5, 0.6) is 0 Å². The lowest BCUT2D eigenvalue weighted by Gasteiger charge is -2.13. The van der Waals surface area contributed by atoms with Crippen LogP contribution in [0.1, 0.15) is 50.1 Å². The van der Waals surface area contributed by atoms with Gasteiger partial charge in [-0.05, 0) is 34.1 Å². The van der Waals surface area contributed by atoms with E-state index in [-0.39, 0.29) is 29.9 Å². The average molecular weight is 438 g/mol. The molecule has 0 saturated carbocycles. The molecule has 1 rings (SSSR count). The molecule has 2 N–H and O–H groups in total. The quantitative estimate of drug-likeness (QED) is 0.269. The van der Waals surface area contributed by atoms with Crippen molar-refractivity contribution in [3.63, 3.8) is 0 Å². The van der Waals surface area contributed by atoms with E-state index in [0.717, 1.165) is 55.7 Å². The van der Waals surface area contributed by atoms with Crippen LogP contribution in [0, 0.1) is 13.8 Å². The molecule has 0 aliphatic carbocycles. The number of nitrogens with zero attached hydrogens (tertiary/aromatic N) is 2. The highest BCUT2D eigenvalue weighted by Gasteiger charge is 2.16. The fraction of sp³-hybridized carbons (Fsp3) is 0.750. The van der Waals surface area contributed by atoms with E-state index in [1.54, 1.807) is 0 Å². The molecule has 1 aromatic heterocycles. The lowest BCUT2D eigenvalue weighted by atomic mass is 10.00. The first-order valence-corrected chi connectivity index (χ1v) is 8.12. The maximum atomic E-state index is 5.33. The molecule has 0 aliphatic rings. The van der Waals surface area contributed by atoms with E-state index in [9.17, 15) is 0 Å². The number of ether oxygens (including phenoxy) is 1. The van der Waals surface area contributed by atoms with Gasteiger partial charge in [-0.1, -0.05) is 12.1 Å². The molecule has 0 aromatic carbocycles. The number of nitrogens with one attached hydrogen (secondary N) is 2. The summed E-state index contributed by atoms with van der Waals surface area (Å²) >= 11 is 0. The van der Waals surface area contributed by atoms with Crippen molar-refractivity contribution < 1.29 is 9.26 Å². The third-order valence-electron chi connectivity index (χ3n) is 3.41. The molecule has 0 fully saturated rings. The molecule has 0 amide bonds. The molecule has 23 heavy (non-hydrogen) atoms. The van der Waals surface area contributed by atoms with Crippen LogP contribution >= 0.6 is 24.0 Å². The highest BCUT2D eigenvalue weighted by atomic mass is 127. The highest BCUT2D eigenvalue weighted by Crippen LogP contribution is 2.23. The lowest BCUT2D eigenvalue weighted by Crippen LogP contribution is -2.38. The third kappa shape index (κ3) is 8.01.